The van der Waals surface area contributed by atoms with E-state index in [1.807, 2.05) is 43.0 Å². The molecule has 1 aliphatic heterocycles. The highest BCUT2D eigenvalue weighted by atomic mass is 16.6. The zero-order valence-corrected chi connectivity index (χ0v) is 23.4. The summed E-state index contributed by atoms with van der Waals surface area (Å²) in [4.78, 5) is 32.9. The highest BCUT2D eigenvalue weighted by molar-refractivity contribution is 6.08. The SMILES string of the molecule is CCCCC1=NC2(CCCCC2)C(=O)N1Cc1ccc(-c2cccc(OC(C(=O)OCC)C(C)C)c2)cc1. The lowest BCUT2D eigenvalue weighted by Crippen LogP contribution is -2.43. The molecule has 1 amide bonds. The summed E-state index contributed by atoms with van der Waals surface area (Å²) < 4.78 is 11.2. The van der Waals surface area contributed by atoms with Crippen LogP contribution < -0.4 is 4.74 Å². The Kier molecular flexibility index (Phi) is 9.24. The van der Waals surface area contributed by atoms with E-state index in [9.17, 15) is 9.59 Å². The van der Waals surface area contributed by atoms with Gasteiger partial charge in [-0.05, 0) is 55.0 Å². The predicted molar refractivity (Wildman–Crippen MR) is 151 cm³/mol. The lowest BCUT2D eigenvalue weighted by Gasteiger charge is -2.29. The monoisotopic (exact) mass is 518 g/mol. The summed E-state index contributed by atoms with van der Waals surface area (Å²) >= 11 is 0. The number of amides is 1. The van der Waals surface area contributed by atoms with Crippen LogP contribution in [0.4, 0.5) is 0 Å². The second kappa shape index (κ2) is 12.6. The van der Waals surface area contributed by atoms with Crippen molar-refractivity contribution in [1.29, 1.82) is 0 Å². The molecule has 0 saturated heterocycles. The predicted octanol–water partition coefficient (Wildman–Crippen LogP) is 6.95. The minimum Gasteiger partial charge on any atom is -0.478 e. The topological polar surface area (TPSA) is 68.2 Å². The molecule has 1 spiro atoms. The molecule has 1 unspecified atom stereocenters. The van der Waals surface area contributed by atoms with Crippen molar-refractivity contribution < 1.29 is 19.1 Å². The molecule has 4 rings (SSSR count). The van der Waals surface area contributed by atoms with Gasteiger partial charge in [0.1, 0.15) is 17.1 Å². The van der Waals surface area contributed by atoms with E-state index in [0.29, 0.717) is 18.9 Å². The average molecular weight is 519 g/mol. The smallest absolute Gasteiger partial charge is 0.347 e. The van der Waals surface area contributed by atoms with Gasteiger partial charge in [0.25, 0.3) is 5.91 Å². The fraction of sp³-hybridized carbons (Fsp3) is 0.531. The van der Waals surface area contributed by atoms with Crippen molar-refractivity contribution in [1.82, 2.24) is 4.90 Å². The van der Waals surface area contributed by atoms with Gasteiger partial charge in [0.05, 0.1) is 13.2 Å². The Hall–Kier alpha value is -3.15. The van der Waals surface area contributed by atoms with Gasteiger partial charge >= 0.3 is 5.97 Å². The summed E-state index contributed by atoms with van der Waals surface area (Å²) in [5.74, 6) is 1.44. The van der Waals surface area contributed by atoms with E-state index in [-0.39, 0.29) is 17.8 Å². The van der Waals surface area contributed by atoms with Gasteiger partial charge in [-0.25, -0.2) is 4.79 Å². The van der Waals surface area contributed by atoms with Crippen LogP contribution in [0.1, 0.15) is 84.6 Å². The molecule has 6 heteroatoms. The number of rotatable bonds is 11. The van der Waals surface area contributed by atoms with E-state index >= 15 is 0 Å². The second-order valence-electron chi connectivity index (χ2n) is 10.9. The molecule has 0 aromatic heterocycles. The van der Waals surface area contributed by atoms with Crippen LogP contribution in [0.3, 0.4) is 0 Å². The van der Waals surface area contributed by atoms with Gasteiger partial charge in [0, 0.05) is 12.3 Å². The summed E-state index contributed by atoms with van der Waals surface area (Å²) in [6.07, 6.45) is 7.46. The van der Waals surface area contributed by atoms with Crippen LogP contribution in [-0.4, -0.2) is 40.9 Å². The van der Waals surface area contributed by atoms with Crippen LogP contribution in [0.15, 0.2) is 53.5 Å². The first-order valence-corrected chi connectivity index (χ1v) is 14.3. The average Bonchev–Trinajstić information content (AvgIpc) is 3.16. The third-order valence-electron chi connectivity index (χ3n) is 7.58. The number of esters is 1. The van der Waals surface area contributed by atoms with Gasteiger partial charge < -0.3 is 9.47 Å². The second-order valence-corrected chi connectivity index (χ2v) is 10.9. The molecule has 0 N–H and O–H groups in total. The van der Waals surface area contributed by atoms with Crippen molar-refractivity contribution in [3.8, 4) is 16.9 Å². The van der Waals surface area contributed by atoms with Gasteiger partial charge in [-0.1, -0.05) is 82.9 Å². The van der Waals surface area contributed by atoms with Crippen LogP contribution in [0, 0.1) is 5.92 Å². The first-order chi connectivity index (χ1) is 18.4. The summed E-state index contributed by atoms with van der Waals surface area (Å²) in [6, 6.07) is 16.1. The Labute approximate surface area is 227 Å². The molecule has 204 valence electrons. The number of hydrogen-bond acceptors (Lipinski definition) is 5. The quantitative estimate of drug-likeness (QED) is 0.302. The zero-order valence-electron chi connectivity index (χ0n) is 23.4. The van der Waals surface area contributed by atoms with Gasteiger partial charge in [0.2, 0.25) is 0 Å². The third kappa shape index (κ3) is 6.28. The molecule has 0 radical (unpaired) electrons. The van der Waals surface area contributed by atoms with Crippen molar-refractivity contribution in [3.63, 3.8) is 0 Å². The molecule has 6 nitrogen and oxygen atoms in total. The Morgan fingerprint density at radius 3 is 2.42 bits per heavy atom. The van der Waals surface area contributed by atoms with Crippen molar-refractivity contribution in [3.05, 3.63) is 54.1 Å². The highest BCUT2D eigenvalue weighted by Crippen LogP contribution is 2.39. The molecular formula is C32H42N2O4. The molecule has 38 heavy (non-hydrogen) atoms. The number of aliphatic imine (C=N–C) groups is 1. The van der Waals surface area contributed by atoms with E-state index in [4.69, 9.17) is 14.5 Å². The number of nitrogens with zero attached hydrogens (tertiary/aromatic N) is 2. The number of hydrogen-bond donors (Lipinski definition) is 0. The molecule has 1 saturated carbocycles. The minimum absolute atomic E-state index is 0.0104. The number of ether oxygens (including phenoxy) is 2. The molecule has 0 bridgehead atoms. The van der Waals surface area contributed by atoms with Gasteiger partial charge in [-0.15, -0.1) is 0 Å². The Bertz CT molecular complexity index is 1130. The lowest BCUT2D eigenvalue weighted by molar-refractivity contribution is -0.153. The first-order valence-electron chi connectivity index (χ1n) is 14.3. The van der Waals surface area contributed by atoms with E-state index < -0.39 is 11.6 Å². The highest BCUT2D eigenvalue weighted by Gasteiger charge is 2.48. The molecule has 1 aliphatic carbocycles. The van der Waals surface area contributed by atoms with Crippen LogP contribution in [0.5, 0.6) is 5.75 Å². The van der Waals surface area contributed by atoms with Crippen LogP contribution in [0.25, 0.3) is 11.1 Å². The van der Waals surface area contributed by atoms with E-state index in [1.54, 1.807) is 6.92 Å². The molecule has 2 aromatic carbocycles. The number of carbonyl (C=O) groups is 2. The van der Waals surface area contributed by atoms with Crippen LogP contribution in [0.2, 0.25) is 0 Å². The van der Waals surface area contributed by atoms with Gasteiger partial charge in [-0.2, -0.15) is 0 Å². The zero-order chi connectivity index (χ0) is 27.1. The fourth-order valence-electron chi connectivity index (χ4n) is 5.44. The Balaban J connectivity index is 1.48. The number of amidine groups is 1. The fourth-order valence-corrected chi connectivity index (χ4v) is 5.44. The van der Waals surface area contributed by atoms with E-state index in [1.165, 1.54) is 6.42 Å². The normalized spacial score (nSPS) is 17.6. The van der Waals surface area contributed by atoms with Crippen LogP contribution >= 0.6 is 0 Å². The summed E-state index contributed by atoms with van der Waals surface area (Å²) in [5.41, 5.74) is 2.63. The first kappa shape index (κ1) is 27.9. The summed E-state index contributed by atoms with van der Waals surface area (Å²) in [7, 11) is 0. The number of unbranched alkanes of at least 4 members (excludes halogenated alkanes) is 1. The molecule has 2 aromatic rings. The van der Waals surface area contributed by atoms with Gasteiger partial charge in [0.15, 0.2) is 6.10 Å². The Morgan fingerprint density at radius 1 is 1.03 bits per heavy atom. The maximum atomic E-state index is 13.6. The van der Waals surface area contributed by atoms with Crippen molar-refractivity contribution >= 4 is 17.7 Å². The largest absolute Gasteiger partial charge is 0.478 e. The number of benzene rings is 2. The molecule has 1 fully saturated rings. The molecule has 1 atom stereocenters. The molecular weight excluding hydrogens is 476 g/mol. The molecule has 2 aliphatic rings. The standard InChI is InChI=1S/C32H42N2O4/c1-5-7-14-28-33-32(19-9-8-10-20-32)31(36)34(28)22-24-15-17-25(18-16-24)26-12-11-13-27(21-26)38-29(23(3)4)30(35)37-6-2/h11-13,15-18,21,23,29H,5-10,14,19-20,22H2,1-4H3. The minimum atomic E-state index is -0.651. The van der Waals surface area contributed by atoms with E-state index in [2.05, 4.69) is 31.2 Å². The third-order valence-corrected chi connectivity index (χ3v) is 7.58. The van der Waals surface area contributed by atoms with Crippen LogP contribution in [-0.2, 0) is 20.9 Å². The van der Waals surface area contributed by atoms with Crippen molar-refractivity contribution in [2.45, 2.75) is 97.2 Å². The maximum Gasteiger partial charge on any atom is 0.347 e. The lowest BCUT2D eigenvalue weighted by atomic mass is 9.82. The summed E-state index contributed by atoms with van der Waals surface area (Å²) in [5, 5.41) is 0. The van der Waals surface area contributed by atoms with Crippen molar-refractivity contribution in [2.75, 3.05) is 6.61 Å². The maximum absolute atomic E-state index is 13.6. The van der Waals surface area contributed by atoms with Gasteiger partial charge in [-0.3, -0.25) is 14.7 Å². The van der Waals surface area contributed by atoms with E-state index in [0.717, 1.165) is 67.5 Å². The van der Waals surface area contributed by atoms with Crippen molar-refractivity contribution in [2.24, 2.45) is 10.9 Å². The number of carbonyl (C=O) groups excluding carboxylic acids is 2. The molecule has 1 heterocycles. The summed E-state index contributed by atoms with van der Waals surface area (Å²) in [6.45, 7) is 8.76. The Morgan fingerprint density at radius 2 is 1.76 bits per heavy atom.